The summed E-state index contributed by atoms with van der Waals surface area (Å²) < 4.78 is 12.3. The summed E-state index contributed by atoms with van der Waals surface area (Å²) in [7, 11) is 0. The fraction of sp³-hybridized carbons (Fsp3) is 0.0526. The van der Waals surface area contributed by atoms with Gasteiger partial charge in [-0.3, -0.25) is 0 Å². The van der Waals surface area contributed by atoms with Gasteiger partial charge in [0.05, 0.1) is 11.4 Å². The number of hydrogen-bond acceptors (Lipinski definition) is 6. The number of fused-ring (bicyclic) bond motifs is 5. The van der Waals surface area contributed by atoms with Crippen molar-refractivity contribution in [3.63, 3.8) is 0 Å². The highest BCUT2D eigenvalue weighted by Crippen LogP contribution is 2.53. The van der Waals surface area contributed by atoms with E-state index in [0.29, 0.717) is 11.8 Å². The van der Waals surface area contributed by atoms with Crippen molar-refractivity contribution >= 4 is 67.1 Å². The number of rotatable bonds is 7. The molecule has 0 fully saturated rings. The first kappa shape index (κ1) is 36.6. The summed E-state index contributed by atoms with van der Waals surface area (Å²) in [6.45, 7) is 4.61. The molecule has 9 aromatic carbocycles. The molecule has 1 aliphatic rings. The average molecular weight is 813 g/mol. The third-order valence-corrected chi connectivity index (χ3v) is 12.5. The van der Waals surface area contributed by atoms with Crippen LogP contribution < -0.4 is 9.80 Å². The molecule has 1 aliphatic heterocycles. The molecule has 0 atom stereocenters. The van der Waals surface area contributed by atoms with Crippen molar-refractivity contribution in [1.29, 1.82) is 0 Å². The molecule has 0 spiro atoms. The highest BCUT2D eigenvalue weighted by molar-refractivity contribution is 5.91. The molecule has 6 heteroatoms. The van der Waals surface area contributed by atoms with Crippen molar-refractivity contribution in [3.05, 3.63) is 217 Å². The summed E-state index contributed by atoms with van der Waals surface area (Å²) >= 11 is 0. The van der Waals surface area contributed by atoms with Gasteiger partial charge < -0.3 is 18.6 Å². The Morgan fingerprint density at radius 1 is 0.413 bits per heavy atom. The molecule has 0 saturated carbocycles. The molecule has 0 amide bonds. The molecule has 0 N–H and O–H groups in total. The molecule has 300 valence electrons. The molecule has 11 aromatic rings. The summed E-state index contributed by atoms with van der Waals surface area (Å²) in [6.07, 6.45) is 0. The Kier molecular flexibility index (Phi) is 8.41. The van der Waals surface area contributed by atoms with Crippen LogP contribution in [0, 0.1) is 0 Å². The van der Waals surface area contributed by atoms with E-state index in [-0.39, 0.29) is 5.41 Å². The van der Waals surface area contributed by atoms with Crippen LogP contribution in [0.5, 0.6) is 0 Å². The van der Waals surface area contributed by atoms with E-state index in [9.17, 15) is 0 Å². The molecule has 3 heterocycles. The molecule has 2 aromatic heterocycles. The second-order valence-electron chi connectivity index (χ2n) is 16.7. The number of anilines is 6. The maximum absolute atomic E-state index is 6.23. The number of benzene rings is 9. The van der Waals surface area contributed by atoms with E-state index >= 15 is 0 Å². The van der Waals surface area contributed by atoms with Crippen molar-refractivity contribution in [2.45, 2.75) is 19.3 Å². The van der Waals surface area contributed by atoms with Crippen molar-refractivity contribution in [1.82, 2.24) is 9.97 Å². The SMILES string of the molecule is CC1(C)c2ccccc2N(c2ccc(-c3ccc(N(c4ccc(-c5nc6ccccc6o5)cc4)c4ccc5ccccc5c4)cc3)cc2)c2ccc(-c3nc4ccccc4o3)cc21. The van der Waals surface area contributed by atoms with Crippen LogP contribution in [0.15, 0.2) is 215 Å². The number of para-hydroxylation sites is 5. The molecule has 63 heavy (non-hydrogen) atoms. The zero-order valence-electron chi connectivity index (χ0n) is 34.7. The summed E-state index contributed by atoms with van der Waals surface area (Å²) in [4.78, 5) is 14.3. The molecule has 0 saturated heterocycles. The Morgan fingerprint density at radius 2 is 0.921 bits per heavy atom. The van der Waals surface area contributed by atoms with E-state index in [4.69, 9.17) is 18.8 Å². The lowest BCUT2D eigenvalue weighted by molar-refractivity contribution is 0.615. The fourth-order valence-corrected chi connectivity index (χ4v) is 9.23. The lowest BCUT2D eigenvalue weighted by Gasteiger charge is -2.42. The van der Waals surface area contributed by atoms with Crippen LogP contribution in [0.1, 0.15) is 25.0 Å². The lowest BCUT2D eigenvalue weighted by atomic mass is 9.73. The predicted octanol–water partition coefficient (Wildman–Crippen LogP) is 15.7. The molecule has 0 radical (unpaired) electrons. The predicted molar refractivity (Wildman–Crippen MR) is 257 cm³/mol. The van der Waals surface area contributed by atoms with Crippen LogP contribution in [0.3, 0.4) is 0 Å². The second kappa shape index (κ2) is 14.5. The third kappa shape index (κ3) is 6.26. The van der Waals surface area contributed by atoms with E-state index in [0.717, 1.165) is 72.9 Å². The highest BCUT2D eigenvalue weighted by atomic mass is 16.4. The van der Waals surface area contributed by atoms with Gasteiger partial charge in [0, 0.05) is 39.3 Å². The summed E-state index contributed by atoms with van der Waals surface area (Å²) in [5.74, 6) is 1.24. The Hall–Kier alpha value is -8.22. The zero-order chi connectivity index (χ0) is 42.1. The first-order valence-electron chi connectivity index (χ1n) is 21.3. The van der Waals surface area contributed by atoms with Gasteiger partial charge >= 0.3 is 0 Å². The van der Waals surface area contributed by atoms with Gasteiger partial charge in [-0.05, 0) is 142 Å². The van der Waals surface area contributed by atoms with E-state index < -0.39 is 0 Å². The van der Waals surface area contributed by atoms with Gasteiger partial charge in [-0.25, -0.2) is 9.97 Å². The van der Waals surface area contributed by atoms with Gasteiger partial charge in [-0.2, -0.15) is 0 Å². The molecule has 0 aliphatic carbocycles. The number of hydrogen-bond donors (Lipinski definition) is 0. The summed E-state index contributed by atoms with van der Waals surface area (Å²) in [6, 6.07) is 72.5. The maximum Gasteiger partial charge on any atom is 0.227 e. The normalized spacial score (nSPS) is 13.0. The topological polar surface area (TPSA) is 58.5 Å². The van der Waals surface area contributed by atoms with Crippen molar-refractivity contribution in [2.24, 2.45) is 0 Å². The molecule has 12 rings (SSSR count). The minimum atomic E-state index is -0.249. The quantitative estimate of drug-likeness (QED) is 0.160. The highest BCUT2D eigenvalue weighted by Gasteiger charge is 2.37. The van der Waals surface area contributed by atoms with Crippen LogP contribution in [-0.4, -0.2) is 9.97 Å². The maximum atomic E-state index is 6.23. The number of nitrogens with zero attached hydrogens (tertiary/aromatic N) is 4. The first-order valence-corrected chi connectivity index (χ1v) is 21.3. The Labute approximate surface area is 365 Å². The minimum Gasteiger partial charge on any atom is -0.436 e. The smallest absolute Gasteiger partial charge is 0.227 e. The largest absolute Gasteiger partial charge is 0.436 e. The van der Waals surface area contributed by atoms with Crippen molar-refractivity contribution < 1.29 is 8.83 Å². The van der Waals surface area contributed by atoms with Gasteiger partial charge in [0.2, 0.25) is 11.8 Å². The van der Waals surface area contributed by atoms with Crippen LogP contribution >= 0.6 is 0 Å². The molecule has 6 nitrogen and oxygen atoms in total. The minimum absolute atomic E-state index is 0.249. The molecule has 0 unspecified atom stereocenters. The average Bonchev–Trinajstić information content (AvgIpc) is 3.98. The lowest BCUT2D eigenvalue weighted by Crippen LogP contribution is -2.30. The van der Waals surface area contributed by atoms with Crippen LogP contribution in [-0.2, 0) is 5.41 Å². The number of oxazole rings is 2. The first-order chi connectivity index (χ1) is 30.9. The van der Waals surface area contributed by atoms with E-state index in [1.165, 1.54) is 27.6 Å². The van der Waals surface area contributed by atoms with Crippen LogP contribution in [0.4, 0.5) is 34.1 Å². The third-order valence-electron chi connectivity index (χ3n) is 12.5. The van der Waals surface area contributed by atoms with Gasteiger partial charge in [0.25, 0.3) is 0 Å². The number of aromatic nitrogens is 2. The second-order valence-corrected chi connectivity index (χ2v) is 16.7. The van der Waals surface area contributed by atoms with Gasteiger partial charge in [-0.1, -0.05) is 111 Å². The van der Waals surface area contributed by atoms with Gasteiger partial charge in [0.15, 0.2) is 11.2 Å². The van der Waals surface area contributed by atoms with Crippen LogP contribution in [0.25, 0.3) is 67.0 Å². The monoisotopic (exact) mass is 812 g/mol. The van der Waals surface area contributed by atoms with Gasteiger partial charge in [-0.15, -0.1) is 0 Å². The van der Waals surface area contributed by atoms with E-state index in [1.54, 1.807) is 0 Å². The standard InChI is InChI=1S/C57H40N4O2/c1-57(2)47-13-5-8-16-51(47)61(52-34-26-42(36-48(52)57)56-59-50-15-7-10-18-54(50)63-56)45-29-21-39(22-30-45)38-19-27-43(28-20-38)60(46-33-23-37-11-3-4-12-41(37)35-46)44-31-24-40(25-32-44)55-58-49-14-6-9-17-53(49)62-55/h3-36H,1-2H3. The summed E-state index contributed by atoms with van der Waals surface area (Å²) in [5, 5.41) is 2.39. The van der Waals surface area contributed by atoms with E-state index in [1.807, 2.05) is 48.5 Å². The Morgan fingerprint density at radius 3 is 1.59 bits per heavy atom. The Balaban J connectivity index is 0.879. The van der Waals surface area contributed by atoms with Crippen molar-refractivity contribution in [3.8, 4) is 34.0 Å². The van der Waals surface area contributed by atoms with Gasteiger partial charge in [0.1, 0.15) is 11.0 Å². The Bertz CT molecular complexity index is 3430. The molecule has 0 bridgehead atoms. The molecular formula is C57H40N4O2. The van der Waals surface area contributed by atoms with Crippen molar-refractivity contribution in [2.75, 3.05) is 9.80 Å². The van der Waals surface area contributed by atoms with E-state index in [2.05, 4.69) is 181 Å². The van der Waals surface area contributed by atoms with Crippen LogP contribution in [0.2, 0.25) is 0 Å². The fourth-order valence-electron chi connectivity index (χ4n) is 9.23. The zero-order valence-corrected chi connectivity index (χ0v) is 34.7. The summed E-state index contributed by atoms with van der Waals surface area (Å²) in [5.41, 5.74) is 16.3. The molecular weight excluding hydrogens is 773 g/mol.